The summed E-state index contributed by atoms with van der Waals surface area (Å²) >= 11 is 0. The van der Waals surface area contributed by atoms with E-state index in [0.717, 1.165) is 5.82 Å². The summed E-state index contributed by atoms with van der Waals surface area (Å²) in [5.41, 5.74) is 0.757. The van der Waals surface area contributed by atoms with Gasteiger partial charge in [0.2, 0.25) is 5.91 Å². The van der Waals surface area contributed by atoms with Gasteiger partial charge in [-0.25, -0.2) is 4.98 Å². The lowest BCUT2D eigenvalue weighted by Gasteiger charge is -2.38. The van der Waals surface area contributed by atoms with Crippen molar-refractivity contribution in [1.82, 2.24) is 14.8 Å². The maximum Gasteiger partial charge on any atom is 0.262 e. The predicted molar refractivity (Wildman–Crippen MR) is 113 cm³/mol. The quantitative estimate of drug-likeness (QED) is 0.713. The number of anilines is 1. The summed E-state index contributed by atoms with van der Waals surface area (Å²) in [5, 5.41) is 0. The number of rotatable bonds is 5. The van der Waals surface area contributed by atoms with Crippen LogP contribution < -0.4 is 4.90 Å². The minimum Gasteiger partial charge on any atom is -0.353 e. The fourth-order valence-corrected chi connectivity index (χ4v) is 4.16. The van der Waals surface area contributed by atoms with Crippen LogP contribution in [-0.2, 0) is 4.79 Å². The monoisotopic (exact) mass is 406 g/mol. The standard InChI is InChI=1S/C23H26N4O3/c1-16(2)15-19(27-21(28)17-7-3-4-8-18(17)22(27)29)23(30)26-13-11-25(12-14-26)20-9-5-6-10-24-20/h3-10,16,19H,11-15H2,1-2H3. The number of piperazine rings is 1. The SMILES string of the molecule is CC(C)CC(C(=O)N1CCN(c2ccccn2)CC1)N1C(=O)c2ccccc2C1=O. The molecule has 156 valence electrons. The van der Waals surface area contributed by atoms with Gasteiger partial charge in [-0.15, -0.1) is 0 Å². The zero-order valence-corrected chi connectivity index (χ0v) is 17.3. The molecule has 1 fully saturated rings. The Hall–Kier alpha value is -3.22. The zero-order valence-electron chi connectivity index (χ0n) is 17.3. The lowest BCUT2D eigenvalue weighted by atomic mass is 10.0. The molecule has 1 aromatic carbocycles. The van der Waals surface area contributed by atoms with E-state index in [1.165, 1.54) is 4.90 Å². The van der Waals surface area contributed by atoms with E-state index in [4.69, 9.17) is 0 Å². The average Bonchev–Trinajstić information content (AvgIpc) is 3.02. The van der Waals surface area contributed by atoms with Crippen molar-refractivity contribution in [3.8, 4) is 0 Å². The van der Waals surface area contributed by atoms with Crippen molar-refractivity contribution in [1.29, 1.82) is 0 Å². The van der Waals surface area contributed by atoms with Crippen LogP contribution in [0.3, 0.4) is 0 Å². The smallest absolute Gasteiger partial charge is 0.262 e. The fourth-order valence-electron chi connectivity index (χ4n) is 4.16. The third-order valence-electron chi connectivity index (χ3n) is 5.68. The van der Waals surface area contributed by atoms with Crippen molar-refractivity contribution in [3.63, 3.8) is 0 Å². The normalized spacial score (nSPS) is 17.5. The van der Waals surface area contributed by atoms with Crippen LogP contribution in [-0.4, -0.2) is 64.7 Å². The molecule has 0 radical (unpaired) electrons. The van der Waals surface area contributed by atoms with Crippen LogP contribution in [0, 0.1) is 5.92 Å². The van der Waals surface area contributed by atoms with Gasteiger partial charge in [-0.3, -0.25) is 19.3 Å². The molecule has 0 saturated carbocycles. The summed E-state index contributed by atoms with van der Waals surface area (Å²) in [4.78, 5) is 48.9. The molecule has 0 bridgehead atoms. The molecule has 7 heteroatoms. The Labute approximate surface area is 176 Å². The number of amides is 3. The average molecular weight is 406 g/mol. The van der Waals surface area contributed by atoms with Crippen molar-refractivity contribution < 1.29 is 14.4 Å². The lowest BCUT2D eigenvalue weighted by molar-refractivity contribution is -0.136. The highest BCUT2D eigenvalue weighted by atomic mass is 16.2. The number of benzene rings is 1. The molecule has 2 aromatic rings. The minimum absolute atomic E-state index is 0.154. The van der Waals surface area contributed by atoms with Crippen molar-refractivity contribution >= 4 is 23.5 Å². The Balaban J connectivity index is 1.52. The molecule has 1 unspecified atom stereocenters. The van der Waals surface area contributed by atoms with Gasteiger partial charge in [-0.2, -0.15) is 0 Å². The van der Waals surface area contributed by atoms with Gasteiger partial charge >= 0.3 is 0 Å². The zero-order chi connectivity index (χ0) is 21.3. The summed E-state index contributed by atoms with van der Waals surface area (Å²) < 4.78 is 0. The largest absolute Gasteiger partial charge is 0.353 e. The number of hydrogen-bond acceptors (Lipinski definition) is 5. The molecular weight excluding hydrogens is 380 g/mol. The minimum atomic E-state index is -0.779. The molecule has 3 amide bonds. The van der Waals surface area contributed by atoms with Crippen molar-refractivity contribution in [2.24, 2.45) is 5.92 Å². The van der Waals surface area contributed by atoms with Crippen LogP contribution in [0.5, 0.6) is 0 Å². The molecule has 7 nitrogen and oxygen atoms in total. The van der Waals surface area contributed by atoms with Crippen LogP contribution in [0.25, 0.3) is 0 Å². The predicted octanol–water partition coefficient (Wildman–Crippen LogP) is 2.44. The number of pyridine rings is 1. The Morgan fingerprint density at radius 2 is 1.53 bits per heavy atom. The molecule has 1 atom stereocenters. The second-order valence-corrected chi connectivity index (χ2v) is 8.17. The van der Waals surface area contributed by atoms with E-state index in [1.54, 1.807) is 35.4 Å². The third-order valence-corrected chi connectivity index (χ3v) is 5.68. The van der Waals surface area contributed by atoms with E-state index >= 15 is 0 Å². The first-order valence-corrected chi connectivity index (χ1v) is 10.4. The molecule has 0 spiro atoms. The van der Waals surface area contributed by atoms with Gasteiger partial charge in [0.05, 0.1) is 11.1 Å². The van der Waals surface area contributed by atoms with Crippen LogP contribution >= 0.6 is 0 Å². The molecule has 2 aliphatic rings. The molecule has 1 saturated heterocycles. The second kappa shape index (κ2) is 8.26. The van der Waals surface area contributed by atoms with E-state index in [0.29, 0.717) is 43.7 Å². The van der Waals surface area contributed by atoms with Crippen LogP contribution in [0.15, 0.2) is 48.7 Å². The number of carbonyl (C=O) groups is 3. The third kappa shape index (κ3) is 3.67. The van der Waals surface area contributed by atoms with Crippen molar-refractivity contribution in [2.45, 2.75) is 26.3 Å². The van der Waals surface area contributed by atoms with Gasteiger partial charge in [0.25, 0.3) is 11.8 Å². The van der Waals surface area contributed by atoms with Crippen LogP contribution in [0.2, 0.25) is 0 Å². The summed E-state index contributed by atoms with van der Waals surface area (Å²) in [7, 11) is 0. The van der Waals surface area contributed by atoms with Gasteiger partial charge in [0.15, 0.2) is 0 Å². The first-order valence-electron chi connectivity index (χ1n) is 10.4. The topological polar surface area (TPSA) is 73.8 Å². The van der Waals surface area contributed by atoms with E-state index in [-0.39, 0.29) is 23.6 Å². The first kappa shape index (κ1) is 20.1. The highest BCUT2D eigenvalue weighted by Gasteiger charge is 2.44. The summed E-state index contributed by atoms with van der Waals surface area (Å²) in [6.45, 7) is 6.40. The molecular formula is C23H26N4O3. The maximum absolute atomic E-state index is 13.5. The molecule has 30 heavy (non-hydrogen) atoms. The number of fused-ring (bicyclic) bond motifs is 1. The van der Waals surface area contributed by atoms with Gasteiger partial charge in [-0.05, 0) is 36.6 Å². The molecule has 0 N–H and O–H groups in total. The number of aromatic nitrogens is 1. The molecule has 3 heterocycles. The van der Waals surface area contributed by atoms with Gasteiger partial charge in [0, 0.05) is 32.4 Å². The molecule has 2 aliphatic heterocycles. The van der Waals surface area contributed by atoms with Gasteiger partial charge < -0.3 is 9.80 Å². The Bertz CT molecular complexity index is 917. The number of carbonyl (C=O) groups excluding carboxylic acids is 3. The second-order valence-electron chi connectivity index (χ2n) is 8.17. The summed E-state index contributed by atoms with van der Waals surface area (Å²) in [6.07, 6.45) is 2.21. The molecule has 0 aliphatic carbocycles. The van der Waals surface area contributed by atoms with E-state index in [1.807, 2.05) is 32.0 Å². The summed E-state index contributed by atoms with van der Waals surface area (Å²) in [5.74, 6) is 0.157. The van der Waals surface area contributed by atoms with E-state index in [2.05, 4.69) is 9.88 Å². The number of imide groups is 1. The Kier molecular flexibility index (Phi) is 5.53. The van der Waals surface area contributed by atoms with Crippen molar-refractivity contribution in [2.75, 3.05) is 31.1 Å². The van der Waals surface area contributed by atoms with Gasteiger partial charge in [0.1, 0.15) is 11.9 Å². The summed E-state index contributed by atoms with van der Waals surface area (Å²) in [6, 6.07) is 11.8. The van der Waals surface area contributed by atoms with Crippen molar-refractivity contribution in [3.05, 3.63) is 59.8 Å². The number of hydrogen-bond donors (Lipinski definition) is 0. The van der Waals surface area contributed by atoms with E-state index in [9.17, 15) is 14.4 Å². The fraction of sp³-hybridized carbons (Fsp3) is 0.391. The maximum atomic E-state index is 13.5. The van der Waals surface area contributed by atoms with Gasteiger partial charge in [-0.1, -0.05) is 32.0 Å². The highest BCUT2D eigenvalue weighted by molar-refractivity contribution is 6.22. The highest BCUT2D eigenvalue weighted by Crippen LogP contribution is 2.28. The van der Waals surface area contributed by atoms with E-state index < -0.39 is 6.04 Å². The Morgan fingerprint density at radius 3 is 2.07 bits per heavy atom. The van der Waals surface area contributed by atoms with Crippen LogP contribution in [0.4, 0.5) is 5.82 Å². The molecule has 4 rings (SSSR count). The molecule has 1 aromatic heterocycles. The number of nitrogens with zero attached hydrogens (tertiary/aromatic N) is 4. The Morgan fingerprint density at radius 1 is 0.933 bits per heavy atom. The first-order chi connectivity index (χ1) is 14.5. The lowest BCUT2D eigenvalue weighted by Crippen LogP contribution is -2.56. The van der Waals surface area contributed by atoms with Crippen LogP contribution in [0.1, 0.15) is 41.0 Å².